The predicted octanol–water partition coefficient (Wildman–Crippen LogP) is 3.81. The topological polar surface area (TPSA) is 142 Å². The number of carbonyl (C=O) groups is 1. The summed E-state index contributed by atoms with van der Waals surface area (Å²) in [5, 5.41) is 10.6. The van der Waals surface area contributed by atoms with Crippen LogP contribution < -0.4 is 16.0 Å². The van der Waals surface area contributed by atoms with Gasteiger partial charge in [0.05, 0.1) is 11.8 Å². The Hall–Kier alpha value is -3.72. The summed E-state index contributed by atoms with van der Waals surface area (Å²) >= 11 is 5.86. The number of halogens is 4. The van der Waals surface area contributed by atoms with Crippen LogP contribution in [0.5, 0.6) is 0 Å². The first-order valence-electron chi connectivity index (χ1n) is 13.8. The Morgan fingerprint density at radius 2 is 1.90 bits per heavy atom. The van der Waals surface area contributed by atoms with Crippen LogP contribution >= 0.6 is 11.6 Å². The minimum atomic E-state index is -4.73. The molecule has 42 heavy (non-hydrogen) atoms. The Bertz CT molecular complexity index is 1410. The van der Waals surface area contributed by atoms with Crippen molar-refractivity contribution >= 4 is 35.2 Å². The van der Waals surface area contributed by atoms with Crippen molar-refractivity contribution in [3.05, 3.63) is 34.7 Å². The Labute approximate surface area is 245 Å². The highest BCUT2D eigenvalue weighted by molar-refractivity contribution is 6.29. The maximum atomic E-state index is 14.2. The number of carbonyl (C=O) groups excluding carboxylic acids is 1. The number of nitrogens with zero attached hydrogens (tertiary/aromatic N) is 8. The summed E-state index contributed by atoms with van der Waals surface area (Å²) in [4.78, 5) is 30.8. The van der Waals surface area contributed by atoms with Gasteiger partial charge in [-0.25, -0.2) is 15.0 Å². The van der Waals surface area contributed by atoms with E-state index >= 15 is 0 Å². The molecule has 0 aliphatic carbocycles. The van der Waals surface area contributed by atoms with Crippen LogP contribution in [0.2, 0.25) is 5.15 Å². The van der Waals surface area contributed by atoms with Gasteiger partial charge in [0.1, 0.15) is 16.7 Å². The van der Waals surface area contributed by atoms with Gasteiger partial charge < -0.3 is 25.3 Å². The fraction of sp³-hybridized carbons (Fsp3) is 0.538. The molecule has 1 atom stereocenters. The quantitative estimate of drug-likeness (QED) is 0.378. The molecule has 1 amide bonds. The van der Waals surface area contributed by atoms with E-state index in [1.165, 1.54) is 12.3 Å². The third kappa shape index (κ3) is 6.21. The van der Waals surface area contributed by atoms with Crippen LogP contribution in [0.25, 0.3) is 11.6 Å². The zero-order chi connectivity index (χ0) is 30.0. The van der Waals surface area contributed by atoms with E-state index in [2.05, 4.69) is 35.4 Å². The Morgan fingerprint density at radius 3 is 2.57 bits per heavy atom. The second-order valence-electron chi connectivity index (χ2n) is 10.2. The lowest BCUT2D eigenvalue weighted by Crippen LogP contribution is -2.59. The zero-order valence-electron chi connectivity index (χ0n) is 23.2. The van der Waals surface area contributed by atoms with Gasteiger partial charge in [0.25, 0.3) is 11.8 Å². The van der Waals surface area contributed by atoms with E-state index in [-0.39, 0.29) is 52.4 Å². The van der Waals surface area contributed by atoms with Crippen LogP contribution in [0, 0.1) is 0 Å². The van der Waals surface area contributed by atoms with Crippen LogP contribution in [0.15, 0.2) is 22.7 Å². The van der Waals surface area contributed by atoms with Gasteiger partial charge in [0, 0.05) is 51.4 Å². The standard InChI is InChI=1S/C26H32ClF3N10O2/c1-3-15-14-39(22-20(26(28,29)30)34-18(13-33-22)23-36-37-25(42-23)32-4-2)11-12-40(15)16-7-9-38(10-8-16)24(41)17-5-6-19(27)35-21(17)31/h5-6,13,15-16H,3-4,7-12,14H2,1-2H3,(H2,31,35)(H,32,37)/t15-/m0/s1. The third-order valence-electron chi connectivity index (χ3n) is 7.63. The van der Waals surface area contributed by atoms with Gasteiger partial charge in [-0.05, 0) is 38.3 Å². The first-order valence-corrected chi connectivity index (χ1v) is 14.2. The molecule has 12 nitrogen and oxygen atoms in total. The van der Waals surface area contributed by atoms with Crippen LogP contribution in [0.1, 0.15) is 49.2 Å². The molecule has 3 aromatic heterocycles. The number of alkyl halides is 3. The molecule has 0 radical (unpaired) electrons. The lowest BCUT2D eigenvalue weighted by atomic mass is 9.97. The summed E-state index contributed by atoms with van der Waals surface area (Å²) < 4.78 is 47.9. The molecule has 2 saturated heterocycles. The van der Waals surface area contributed by atoms with Crippen LogP contribution in [0.3, 0.4) is 0 Å². The number of piperazine rings is 1. The van der Waals surface area contributed by atoms with Crippen molar-refractivity contribution < 1.29 is 22.4 Å². The molecule has 0 unspecified atom stereocenters. The fourth-order valence-electron chi connectivity index (χ4n) is 5.56. The summed E-state index contributed by atoms with van der Waals surface area (Å²) in [5.74, 6) is -0.453. The average molecular weight is 609 g/mol. The van der Waals surface area contributed by atoms with E-state index in [1.807, 2.05) is 13.8 Å². The van der Waals surface area contributed by atoms with E-state index in [4.69, 9.17) is 21.8 Å². The van der Waals surface area contributed by atoms with Crippen LogP contribution in [-0.4, -0.2) is 92.2 Å². The molecule has 2 fully saturated rings. The predicted molar refractivity (Wildman–Crippen MR) is 150 cm³/mol. The molecule has 2 aliphatic rings. The molecular formula is C26H32ClF3N10O2. The van der Waals surface area contributed by atoms with Crippen molar-refractivity contribution in [3.8, 4) is 11.6 Å². The molecule has 0 saturated carbocycles. The minimum Gasteiger partial charge on any atom is -0.402 e. The summed E-state index contributed by atoms with van der Waals surface area (Å²) in [5.41, 5.74) is 4.99. The monoisotopic (exact) mass is 608 g/mol. The molecule has 5 heterocycles. The first-order chi connectivity index (χ1) is 20.1. The molecule has 0 bridgehead atoms. The van der Waals surface area contributed by atoms with Gasteiger partial charge in [-0.3, -0.25) is 9.69 Å². The molecular weight excluding hydrogens is 577 g/mol. The van der Waals surface area contributed by atoms with Crippen molar-refractivity contribution in [1.82, 2.24) is 34.9 Å². The molecule has 3 N–H and O–H groups in total. The number of pyridine rings is 1. The highest BCUT2D eigenvalue weighted by Crippen LogP contribution is 2.37. The van der Waals surface area contributed by atoms with Crippen LogP contribution in [-0.2, 0) is 6.18 Å². The largest absolute Gasteiger partial charge is 0.437 e. The number of hydrogen-bond acceptors (Lipinski definition) is 11. The number of piperidine rings is 1. The van der Waals surface area contributed by atoms with Gasteiger partial charge >= 0.3 is 12.2 Å². The number of rotatable bonds is 7. The second kappa shape index (κ2) is 12.3. The van der Waals surface area contributed by atoms with E-state index in [9.17, 15) is 18.0 Å². The van der Waals surface area contributed by atoms with Gasteiger partial charge in [0.15, 0.2) is 11.5 Å². The number of anilines is 3. The molecule has 16 heteroatoms. The maximum Gasteiger partial charge on any atom is 0.437 e. The minimum absolute atomic E-state index is 0.00304. The van der Waals surface area contributed by atoms with Gasteiger partial charge in [-0.15, -0.1) is 5.10 Å². The molecule has 0 spiro atoms. The average Bonchev–Trinajstić information content (AvgIpc) is 3.45. The van der Waals surface area contributed by atoms with E-state index in [0.29, 0.717) is 44.8 Å². The summed E-state index contributed by atoms with van der Waals surface area (Å²) in [7, 11) is 0. The molecule has 0 aromatic carbocycles. The molecule has 2 aliphatic heterocycles. The normalized spacial score (nSPS) is 18.9. The number of nitrogens with one attached hydrogen (secondary N) is 1. The fourth-order valence-corrected chi connectivity index (χ4v) is 5.72. The first kappa shape index (κ1) is 29.8. The summed E-state index contributed by atoms with van der Waals surface area (Å²) in [6.07, 6.45) is -1.28. The van der Waals surface area contributed by atoms with Gasteiger partial charge in [-0.2, -0.15) is 13.2 Å². The van der Waals surface area contributed by atoms with Gasteiger partial charge in [0.2, 0.25) is 0 Å². The van der Waals surface area contributed by atoms with Crippen LogP contribution in [0.4, 0.5) is 30.8 Å². The van der Waals surface area contributed by atoms with Crippen molar-refractivity contribution in [2.45, 2.75) is 51.4 Å². The van der Waals surface area contributed by atoms with Gasteiger partial charge in [-0.1, -0.05) is 23.6 Å². The Balaban J connectivity index is 1.27. The maximum absolute atomic E-state index is 14.2. The molecule has 3 aromatic rings. The third-order valence-corrected chi connectivity index (χ3v) is 7.85. The Kier molecular flexibility index (Phi) is 8.68. The number of likely N-dealkylation sites (tertiary alicyclic amines) is 1. The Morgan fingerprint density at radius 1 is 1.14 bits per heavy atom. The number of amides is 1. The molecule has 5 rings (SSSR count). The number of nitrogen functional groups attached to an aromatic ring is 1. The number of aromatic nitrogens is 5. The SMILES string of the molecule is CCNc1nnc(-c2cnc(N3CCN(C4CCN(C(=O)c5ccc(Cl)nc5N)CC4)[C@@H](CC)C3)c(C(F)(F)F)n2)o1. The highest BCUT2D eigenvalue weighted by Gasteiger charge is 2.41. The smallest absolute Gasteiger partial charge is 0.402 e. The number of nitrogens with two attached hydrogens (primary N) is 1. The van der Waals surface area contributed by atoms with E-state index < -0.39 is 11.9 Å². The van der Waals surface area contributed by atoms with E-state index in [0.717, 1.165) is 19.3 Å². The zero-order valence-corrected chi connectivity index (χ0v) is 24.0. The van der Waals surface area contributed by atoms with Crippen molar-refractivity contribution in [1.29, 1.82) is 0 Å². The second-order valence-corrected chi connectivity index (χ2v) is 10.6. The lowest BCUT2D eigenvalue weighted by Gasteiger charge is -2.47. The molecule has 226 valence electrons. The summed E-state index contributed by atoms with van der Waals surface area (Å²) in [6, 6.07) is 3.41. The summed E-state index contributed by atoms with van der Waals surface area (Å²) in [6.45, 7) is 6.71. The highest BCUT2D eigenvalue weighted by atomic mass is 35.5. The number of hydrogen-bond donors (Lipinski definition) is 2. The van der Waals surface area contributed by atoms with Crippen molar-refractivity contribution in [2.24, 2.45) is 0 Å². The van der Waals surface area contributed by atoms with Crippen molar-refractivity contribution in [2.75, 3.05) is 55.2 Å². The van der Waals surface area contributed by atoms with E-state index in [1.54, 1.807) is 15.9 Å². The lowest BCUT2D eigenvalue weighted by molar-refractivity contribution is -0.140. The van der Waals surface area contributed by atoms with Crippen molar-refractivity contribution in [3.63, 3.8) is 0 Å².